The summed E-state index contributed by atoms with van der Waals surface area (Å²) in [6, 6.07) is 4.00. The number of aliphatic imine (C=N–C) groups is 1. The number of aromatic nitrogens is 2. The van der Waals surface area contributed by atoms with Crippen LogP contribution in [0.15, 0.2) is 42.3 Å². The van der Waals surface area contributed by atoms with E-state index in [4.69, 9.17) is 5.73 Å². The Labute approximate surface area is 119 Å². The van der Waals surface area contributed by atoms with Gasteiger partial charge in [0.05, 0.1) is 11.9 Å². The van der Waals surface area contributed by atoms with Crippen LogP contribution in [0.5, 0.6) is 0 Å². The van der Waals surface area contributed by atoms with Gasteiger partial charge in [-0.15, -0.1) is 0 Å². The lowest BCUT2D eigenvalue weighted by atomic mass is 10.0. The van der Waals surface area contributed by atoms with Gasteiger partial charge in [-0.05, 0) is 29.2 Å². The number of allylic oxidation sites excluding steroid dienone is 2. The highest BCUT2D eigenvalue weighted by Gasteiger charge is 2.10. The summed E-state index contributed by atoms with van der Waals surface area (Å²) in [7, 11) is 1.72. The number of fused-ring (bicyclic) bond motifs is 1. The number of hydrogen-bond donors (Lipinski definition) is 1. The number of imidazole rings is 1. The Kier molecular flexibility index (Phi) is 4.03. The van der Waals surface area contributed by atoms with Crippen molar-refractivity contribution in [3.8, 4) is 0 Å². The van der Waals surface area contributed by atoms with E-state index >= 15 is 0 Å². The molecule has 2 N–H and O–H groups in total. The summed E-state index contributed by atoms with van der Waals surface area (Å²) in [6.07, 6.45) is 7.15. The van der Waals surface area contributed by atoms with Gasteiger partial charge >= 0.3 is 0 Å². The van der Waals surface area contributed by atoms with Gasteiger partial charge in [-0.2, -0.15) is 0 Å². The zero-order valence-corrected chi connectivity index (χ0v) is 12.2. The van der Waals surface area contributed by atoms with Crippen molar-refractivity contribution in [3.05, 3.63) is 48.6 Å². The molecular formula is C16H20N4. The van der Waals surface area contributed by atoms with Crippen molar-refractivity contribution in [3.63, 3.8) is 0 Å². The highest BCUT2D eigenvalue weighted by atomic mass is 15.0. The fourth-order valence-corrected chi connectivity index (χ4v) is 2.05. The Bertz CT molecular complexity index is 690. The molecule has 4 nitrogen and oxygen atoms in total. The van der Waals surface area contributed by atoms with Crippen LogP contribution in [-0.4, -0.2) is 22.6 Å². The van der Waals surface area contributed by atoms with Crippen LogP contribution < -0.4 is 5.73 Å². The Morgan fingerprint density at radius 1 is 1.50 bits per heavy atom. The maximum Gasteiger partial charge on any atom is 0.137 e. The number of nitrogens with zero attached hydrogens (tertiary/aromatic N) is 3. The number of hydrogen-bond acceptors (Lipinski definition) is 3. The van der Waals surface area contributed by atoms with Gasteiger partial charge in [0, 0.05) is 31.2 Å². The summed E-state index contributed by atoms with van der Waals surface area (Å²) in [5.41, 5.74) is 10.5. The van der Waals surface area contributed by atoms with Crippen molar-refractivity contribution in [1.29, 1.82) is 0 Å². The molecule has 0 unspecified atom stereocenters. The van der Waals surface area contributed by atoms with Gasteiger partial charge in [-0.3, -0.25) is 9.39 Å². The van der Waals surface area contributed by atoms with Crippen molar-refractivity contribution >= 4 is 23.0 Å². The molecule has 0 bridgehead atoms. The molecule has 2 heterocycles. The van der Waals surface area contributed by atoms with Crippen LogP contribution in [0, 0.1) is 5.92 Å². The summed E-state index contributed by atoms with van der Waals surface area (Å²) < 4.78 is 2.04. The summed E-state index contributed by atoms with van der Waals surface area (Å²) >= 11 is 0. The van der Waals surface area contributed by atoms with Crippen molar-refractivity contribution in [2.24, 2.45) is 16.6 Å². The molecule has 0 atom stereocenters. The van der Waals surface area contributed by atoms with E-state index in [0.29, 0.717) is 5.92 Å². The predicted octanol–water partition coefficient (Wildman–Crippen LogP) is 3.00. The van der Waals surface area contributed by atoms with Gasteiger partial charge in [-0.25, -0.2) is 4.98 Å². The minimum absolute atomic E-state index is 0.390. The zero-order chi connectivity index (χ0) is 14.7. The average molecular weight is 268 g/mol. The monoisotopic (exact) mass is 268 g/mol. The Hall–Kier alpha value is -2.36. The third-order valence-electron chi connectivity index (χ3n) is 3.32. The molecule has 2 rings (SSSR count). The molecule has 2 aromatic rings. The Morgan fingerprint density at radius 3 is 2.85 bits per heavy atom. The number of pyridine rings is 1. The van der Waals surface area contributed by atoms with Crippen LogP contribution in [0.1, 0.15) is 25.1 Å². The minimum Gasteiger partial charge on any atom is -0.404 e. The Morgan fingerprint density at radius 2 is 2.25 bits per heavy atom. The van der Waals surface area contributed by atoms with Crippen LogP contribution in [0.25, 0.3) is 16.8 Å². The van der Waals surface area contributed by atoms with Gasteiger partial charge in [0.2, 0.25) is 0 Å². The van der Waals surface area contributed by atoms with E-state index in [0.717, 1.165) is 28.1 Å². The largest absolute Gasteiger partial charge is 0.404 e. The SMILES string of the molecule is C=C(c1cnc2cc(C(C=NC)=CN)ccn12)C(C)C. The maximum atomic E-state index is 5.63. The molecule has 0 fully saturated rings. The van der Waals surface area contributed by atoms with Crippen LogP contribution >= 0.6 is 0 Å². The second-order valence-electron chi connectivity index (χ2n) is 4.98. The predicted molar refractivity (Wildman–Crippen MR) is 85.6 cm³/mol. The van der Waals surface area contributed by atoms with Crippen LogP contribution in [0.3, 0.4) is 0 Å². The lowest BCUT2D eigenvalue weighted by molar-refractivity contribution is 0.848. The van der Waals surface area contributed by atoms with Crippen LogP contribution in [0.2, 0.25) is 0 Å². The van der Waals surface area contributed by atoms with E-state index in [9.17, 15) is 0 Å². The second-order valence-corrected chi connectivity index (χ2v) is 4.98. The maximum absolute atomic E-state index is 5.63. The molecule has 4 heteroatoms. The molecule has 2 aromatic heterocycles. The number of nitrogens with two attached hydrogens (primary N) is 1. The molecule has 0 radical (unpaired) electrons. The van der Waals surface area contributed by atoms with Crippen molar-refractivity contribution in [2.75, 3.05) is 7.05 Å². The lowest BCUT2D eigenvalue weighted by Crippen LogP contribution is -1.98. The van der Waals surface area contributed by atoms with Gasteiger partial charge in [0.1, 0.15) is 5.65 Å². The highest BCUT2D eigenvalue weighted by Crippen LogP contribution is 2.23. The standard InChI is InChI=1S/C16H20N4/c1-11(2)12(3)15-10-19-16-7-13(5-6-20(15)16)14(8-17)9-18-4/h5-11H,3,17H2,1-2,4H3. The molecule has 104 valence electrons. The Balaban J connectivity index is 2.51. The molecule has 20 heavy (non-hydrogen) atoms. The van der Waals surface area contributed by atoms with Crippen molar-refractivity contribution in [2.45, 2.75) is 13.8 Å². The van der Waals surface area contributed by atoms with Gasteiger partial charge < -0.3 is 5.73 Å². The molecule has 0 aromatic carbocycles. The highest BCUT2D eigenvalue weighted by molar-refractivity contribution is 6.09. The third-order valence-corrected chi connectivity index (χ3v) is 3.32. The summed E-state index contributed by atoms with van der Waals surface area (Å²) in [6.45, 7) is 8.39. The first-order valence-corrected chi connectivity index (χ1v) is 6.59. The summed E-state index contributed by atoms with van der Waals surface area (Å²) in [5, 5.41) is 0. The average Bonchev–Trinajstić information content (AvgIpc) is 2.86. The van der Waals surface area contributed by atoms with Crippen molar-refractivity contribution in [1.82, 2.24) is 9.38 Å². The van der Waals surface area contributed by atoms with E-state index in [1.54, 1.807) is 19.5 Å². The first-order chi connectivity index (χ1) is 9.58. The molecule has 0 spiro atoms. The fourth-order valence-electron chi connectivity index (χ4n) is 2.05. The molecular weight excluding hydrogens is 248 g/mol. The summed E-state index contributed by atoms with van der Waals surface area (Å²) in [5.74, 6) is 0.390. The number of rotatable bonds is 4. The van der Waals surface area contributed by atoms with Gasteiger partial charge in [0.15, 0.2) is 0 Å². The van der Waals surface area contributed by atoms with Crippen LogP contribution in [-0.2, 0) is 0 Å². The molecule has 0 aliphatic carbocycles. The third kappa shape index (κ3) is 2.50. The lowest BCUT2D eigenvalue weighted by Gasteiger charge is -2.09. The van der Waals surface area contributed by atoms with E-state index in [1.165, 1.54) is 0 Å². The molecule has 0 saturated carbocycles. The minimum atomic E-state index is 0.390. The first-order valence-electron chi connectivity index (χ1n) is 6.59. The topological polar surface area (TPSA) is 55.7 Å². The summed E-state index contributed by atoms with van der Waals surface area (Å²) in [4.78, 5) is 8.45. The van der Waals surface area contributed by atoms with Crippen molar-refractivity contribution < 1.29 is 0 Å². The van der Waals surface area contributed by atoms with Gasteiger partial charge in [0.25, 0.3) is 0 Å². The smallest absolute Gasteiger partial charge is 0.137 e. The van der Waals surface area contributed by atoms with E-state index in [2.05, 4.69) is 30.4 Å². The van der Waals surface area contributed by atoms with Crippen LogP contribution in [0.4, 0.5) is 0 Å². The normalized spacial score (nSPS) is 12.7. The fraction of sp³-hybridized carbons (Fsp3) is 0.250. The molecule has 0 amide bonds. The zero-order valence-electron chi connectivity index (χ0n) is 12.2. The quantitative estimate of drug-likeness (QED) is 0.867. The molecule has 0 saturated heterocycles. The molecule has 0 aliphatic rings. The van der Waals surface area contributed by atoms with Gasteiger partial charge in [-0.1, -0.05) is 20.4 Å². The van der Waals surface area contributed by atoms with E-state index in [-0.39, 0.29) is 0 Å². The van der Waals surface area contributed by atoms with E-state index < -0.39 is 0 Å². The van der Waals surface area contributed by atoms with E-state index in [1.807, 2.05) is 28.9 Å². The second kappa shape index (κ2) is 5.74. The first kappa shape index (κ1) is 14.1. The molecule has 0 aliphatic heterocycles.